The van der Waals surface area contributed by atoms with Crippen molar-refractivity contribution in [3.05, 3.63) is 71.0 Å². The number of nitrogens with zero attached hydrogens (tertiary/aromatic N) is 1. The second-order valence-corrected chi connectivity index (χ2v) is 7.44. The van der Waals surface area contributed by atoms with E-state index >= 15 is 0 Å². The number of halogens is 1. The molecule has 29 heavy (non-hydrogen) atoms. The van der Waals surface area contributed by atoms with Crippen LogP contribution in [-0.4, -0.2) is 38.5 Å². The first-order valence-corrected chi connectivity index (χ1v) is 10.2. The second-order valence-electron chi connectivity index (χ2n) is 7.44. The van der Waals surface area contributed by atoms with Gasteiger partial charge in [-0.05, 0) is 61.6 Å². The molecule has 0 unspecified atom stereocenters. The number of guanidine groups is 1. The van der Waals surface area contributed by atoms with Crippen LogP contribution < -0.4 is 16.0 Å². The summed E-state index contributed by atoms with van der Waals surface area (Å²) in [7, 11) is 1.63. The fourth-order valence-corrected chi connectivity index (χ4v) is 3.42. The van der Waals surface area contributed by atoms with E-state index in [2.05, 4.69) is 16.0 Å². The van der Waals surface area contributed by atoms with E-state index in [9.17, 15) is 9.18 Å². The number of carbonyl (C=O) groups excluding carboxylic acids is 1. The van der Waals surface area contributed by atoms with Crippen molar-refractivity contribution in [1.29, 1.82) is 0 Å². The van der Waals surface area contributed by atoms with Gasteiger partial charge in [-0.3, -0.25) is 9.79 Å². The molecule has 1 saturated carbocycles. The highest BCUT2D eigenvalue weighted by Crippen LogP contribution is 2.48. The van der Waals surface area contributed by atoms with Gasteiger partial charge in [0.05, 0.1) is 6.54 Å². The predicted octanol–water partition coefficient (Wildman–Crippen LogP) is 3.01. The van der Waals surface area contributed by atoms with Crippen LogP contribution in [0.15, 0.2) is 53.5 Å². The minimum Gasteiger partial charge on any atom is -0.357 e. The SMILES string of the molecule is CCNC(=NCC1(c2cccc(F)c2)CC1)NCCc1cccc(C(=O)NC)c1. The fraction of sp³-hybridized carbons (Fsp3) is 0.391. The summed E-state index contributed by atoms with van der Waals surface area (Å²) in [5.41, 5.74) is 2.75. The molecule has 0 radical (unpaired) electrons. The van der Waals surface area contributed by atoms with Crippen LogP contribution in [0.4, 0.5) is 4.39 Å². The first-order valence-electron chi connectivity index (χ1n) is 10.2. The molecule has 0 aromatic heterocycles. The minimum absolute atomic E-state index is 0.0354. The van der Waals surface area contributed by atoms with E-state index in [-0.39, 0.29) is 17.1 Å². The molecule has 0 spiro atoms. The highest BCUT2D eigenvalue weighted by atomic mass is 19.1. The van der Waals surface area contributed by atoms with E-state index in [1.54, 1.807) is 19.2 Å². The number of hydrogen-bond acceptors (Lipinski definition) is 2. The lowest BCUT2D eigenvalue weighted by molar-refractivity contribution is 0.0963. The van der Waals surface area contributed by atoms with Gasteiger partial charge >= 0.3 is 0 Å². The number of aliphatic imine (C=N–C) groups is 1. The third-order valence-electron chi connectivity index (χ3n) is 5.30. The molecule has 0 bridgehead atoms. The molecular formula is C23H29FN4O. The molecule has 154 valence electrons. The number of carbonyl (C=O) groups is 1. The quantitative estimate of drug-likeness (QED) is 0.475. The van der Waals surface area contributed by atoms with Crippen molar-refractivity contribution in [1.82, 2.24) is 16.0 Å². The Labute approximate surface area is 171 Å². The Morgan fingerprint density at radius 2 is 1.93 bits per heavy atom. The average Bonchev–Trinajstić information content (AvgIpc) is 3.53. The molecule has 2 aromatic carbocycles. The zero-order chi connectivity index (χ0) is 20.7. The third kappa shape index (κ3) is 5.56. The molecule has 5 nitrogen and oxygen atoms in total. The Kier molecular flexibility index (Phi) is 6.86. The largest absolute Gasteiger partial charge is 0.357 e. The summed E-state index contributed by atoms with van der Waals surface area (Å²) in [6, 6.07) is 14.5. The van der Waals surface area contributed by atoms with Crippen molar-refractivity contribution in [2.24, 2.45) is 4.99 Å². The molecule has 0 saturated heterocycles. The molecule has 0 heterocycles. The van der Waals surface area contributed by atoms with Crippen LogP contribution in [-0.2, 0) is 11.8 Å². The Hall–Kier alpha value is -2.89. The van der Waals surface area contributed by atoms with Gasteiger partial charge in [0.25, 0.3) is 5.91 Å². The molecule has 1 aliphatic carbocycles. The maximum absolute atomic E-state index is 13.6. The topological polar surface area (TPSA) is 65.5 Å². The molecule has 1 fully saturated rings. The maximum Gasteiger partial charge on any atom is 0.251 e. The van der Waals surface area contributed by atoms with Gasteiger partial charge < -0.3 is 16.0 Å². The zero-order valence-corrected chi connectivity index (χ0v) is 17.1. The highest BCUT2D eigenvalue weighted by Gasteiger charge is 2.44. The van der Waals surface area contributed by atoms with Gasteiger partial charge in [-0.2, -0.15) is 0 Å². The van der Waals surface area contributed by atoms with Crippen LogP contribution in [0.3, 0.4) is 0 Å². The molecular weight excluding hydrogens is 367 g/mol. The molecule has 3 N–H and O–H groups in total. The van der Waals surface area contributed by atoms with Crippen molar-refractivity contribution < 1.29 is 9.18 Å². The van der Waals surface area contributed by atoms with E-state index in [0.29, 0.717) is 18.7 Å². The van der Waals surface area contributed by atoms with E-state index in [1.165, 1.54) is 6.07 Å². The number of nitrogens with one attached hydrogen (secondary N) is 3. The monoisotopic (exact) mass is 396 g/mol. The van der Waals surface area contributed by atoms with Gasteiger partial charge in [0.1, 0.15) is 5.82 Å². The van der Waals surface area contributed by atoms with E-state index in [4.69, 9.17) is 4.99 Å². The molecule has 1 aliphatic rings. The van der Waals surface area contributed by atoms with E-state index in [0.717, 1.165) is 42.9 Å². The van der Waals surface area contributed by atoms with Crippen LogP contribution >= 0.6 is 0 Å². The van der Waals surface area contributed by atoms with E-state index < -0.39 is 0 Å². The molecule has 0 atom stereocenters. The summed E-state index contributed by atoms with van der Waals surface area (Å²) in [6.07, 6.45) is 2.85. The van der Waals surface area contributed by atoms with Gasteiger partial charge in [0.15, 0.2) is 5.96 Å². The maximum atomic E-state index is 13.6. The van der Waals surface area contributed by atoms with Gasteiger partial charge in [0.2, 0.25) is 0 Å². The van der Waals surface area contributed by atoms with Gasteiger partial charge in [-0.25, -0.2) is 4.39 Å². The first kappa shape index (κ1) is 20.8. The first-order chi connectivity index (χ1) is 14.1. The summed E-state index contributed by atoms with van der Waals surface area (Å²) >= 11 is 0. The van der Waals surface area contributed by atoms with Crippen LogP contribution in [0, 0.1) is 5.82 Å². The number of hydrogen-bond donors (Lipinski definition) is 3. The Balaban J connectivity index is 1.58. The summed E-state index contributed by atoms with van der Waals surface area (Å²) in [4.78, 5) is 16.5. The summed E-state index contributed by atoms with van der Waals surface area (Å²) in [5, 5.41) is 9.28. The van der Waals surface area contributed by atoms with Crippen LogP contribution in [0.5, 0.6) is 0 Å². The standard InChI is InChI=1S/C23H29FN4O/c1-3-26-22(27-13-10-17-6-4-7-18(14-17)21(29)25-2)28-16-23(11-12-23)19-8-5-9-20(24)15-19/h4-9,14-15H,3,10-13,16H2,1-2H3,(H,25,29)(H2,26,27,28). The van der Waals surface area contributed by atoms with Crippen molar-refractivity contribution in [3.8, 4) is 0 Å². The van der Waals surface area contributed by atoms with Gasteiger partial charge in [0, 0.05) is 31.1 Å². The Bertz CT molecular complexity index is 877. The molecule has 2 aromatic rings. The Morgan fingerprint density at radius 1 is 1.14 bits per heavy atom. The lowest BCUT2D eigenvalue weighted by Crippen LogP contribution is -2.39. The Morgan fingerprint density at radius 3 is 2.62 bits per heavy atom. The van der Waals surface area contributed by atoms with Crippen LogP contribution in [0.25, 0.3) is 0 Å². The number of amides is 1. The smallest absolute Gasteiger partial charge is 0.251 e. The fourth-order valence-electron chi connectivity index (χ4n) is 3.42. The lowest BCUT2D eigenvalue weighted by atomic mass is 9.96. The third-order valence-corrected chi connectivity index (χ3v) is 5.30. The van der Waals surface area contributed by atoms with Crippen molar-refractivity contribution in [2.45, 2.75) is 31.6 Å². The number of rotatable bonds is 8. The lowest BCUT2D eigenvalue weighted by Gasteiger charge is -2.16. The molecule has 6 heteroatoms. The normalized spacial score (nSPS) is 14.9. The van der Waals surface area contributed by atoms with Crippen LogP contribution in [0.1, 0.15) is 41.3 Å². The molecule has 3 rings (SSSR count). The summed E-state index contributed by atoms with van der Waals surface area (Å²) in [6.45, 7) is 4.14. The zero-order valence-electron chi connectivity index (χ0n) is 17.1. The molecule has 0 aliphatic heterocycles. The average molecular weight is 397 g/mol. The van der Waals surface area contributed by atoms with Gasteiger partial charge in [-0.1, -0.05) is 24.3 Å². The summed E-state index contributed by atoms with van der Waals surface area (Å²) < 4.78 is 13.6. The predicted molar refractivity (Wildman–Crippen MR) is 115 cm³/mol. The molecule has 1 amide bonds. The van der Waals surface area contributed by atoms with Crippen molar-refractivity contribution in [3.63, 3.8) is 0 Å². The van der Waals surface area contributed by atoms with Gasteiger partial charge in [-0.15, -0.1) is 0 Å². The van der Waals surface area contributed by atoms with Crippen molar-refractivity contribution in [2.75, 3.05) is 26.7 Å². The minimum atomic E-state index is -0.193. The number of benzene rings is 2. The van der Waals surface area contributed by atoms with Crippen LogP contribution in [0.2, 0.25) is 0 Å². The van der Waals surface area contributed by atoms with Crippen molar-refractivity contribution >= 4 is 11.9 Å². The van der Waals surface area contributed by atoms with E-state index in [1.807, 2.05) is 37.3 Å². The summed E-state index contributed by atoms with van der Waals surface area (Å²) in [5.74, 6) is 0.487. The highest BCUT2D eigenvalue weighted by molar-refractivity contribution is 5.94. The second kappa shape index (κ2) is 9.54.